The Kier molecular flexibility index (Phi) is 7.52. The van der Waals surface area contributed by atoms with E-state index in [1.165, 1.54) is 0 Å². The lowest BCUT2D eigenvalue weighted by Gasteiger charge is -2.28. The first-order valence-corrected chi connectivity index (χ1v) is 9.22. The van der Waals surface area contributed by atoms with Crippen molar-refractivity contribution in [2.75, 3.05) is 18.5 Å². The van der Waals surface area contributed by atoms with Gasteiger partial charge in [0.05, 0.1) is 12.5 Å². The molecule has 2 rings (SSSR count). The Hall–Kier alpha value is -1.11. The Balaban J connectivity index is 1.91. The van der Waals surface area contributed by atoms with Gasteiger partial charge in [0.2, 0.25) is 0 Å². The second-order valence-electron chi connectivity index (χ2n) is 6.60. The molecule has 0 aliphatic carbocycles. The van der Waals surface area contributed by atoms with Gasteiger partial charge in [-0.05, 0) is 42.5 Å². The molecule has 0 saturated carbocycles. The molecule has 0 amide bonds. The number of ether oxygens (including phenoxy) is 2. The van der Waals surface area contributed by atoms with Gasteiger partial charge in [-0.2, -0.15) is 0 Å². The minimum absolute atomic E-state index is 0.268. The largest absolute Gasteiger partial charge is 0.481 e. The van der Waals surface area contributed by atoms with Crippen LogP contribution in [0, 0.1) is 11.8 Å². The fourth-order valence-electron chi connectivity index (χ4n) is 2.58. The van der Waals surface area contributed by atoms with Gasteiger partial charge in [-0.3, -0.25) is 4.79 Å². The molecular formula is C18H26BrNO4. The van der Waals surface area contributed by atoms with E-state index in [1.807, 2.05) is 18.2 Å². The summed E-state index contributed by atoms with van der Waals surface area (Å²) in [5, 5.41) is 12.4. The molecule has 2 N–H and O–H groups in total. The minimum atomic E-state index is -0.750. The molecule has 24 heavy (non-hydrogen) atoms. The molecule has 6 heteroatoms. The lowest BCUT2D eigenvalue weighted by atomic mass is 9.99. The molecule has 0 bridgehead atoms. The number of anilines is 1. The van der Waals surface area contributed by atoms with Crippen molar-refractivity contribution in [3.8, 4) is 0 Å². The summed E-state index contributed by atoms with van der Waals surface area (Å²) in [5.74, 6) is -0.460. The summed E-state index contributed by atoms with van der Waals surface area (Å²) >= 11 is 3.55. The van der Waals surface area contributed by atoms with Crippen LogP contribution in [0.1, 0.15) is 38.7 Å². The highest BCUT2D eigenvalue weighted by Crippen LogP contribution is 2.26. The average molecular weight is 400 g/mol. The van der Waals surface area contributed by atoms with E-state index >= 15 is 0 Å². The third-order valence-corrected chi connectivity index (χ3v) is 4.88. The topological polar surface area (TPSA) is 67.8 Å². The van der Waals surface area contributed by atoms with Crippen molar-refractivity contribution in [3.63, 3.8) is 0 Å². The molecule has 1 heterocycles. The molecule has 5 nitrogen and oxygen atoms in total. The van der Waals surface area contributed by atoms with Crippen molar-refractivity contribution in [2.45, 2.75) is 45.9 Å². The van der Waals surface area contributed by atoms with Gasteiger partial charge in [-0.25, -0.2) is 0 Å². The first-order chi connectivity index (χ1) is 11.5. The van der Waals surface area contributed by atoms with E-state index < -0.39 is 5.97 Å². The number of benzene rings is 1. The molecule has 134 valence electrons. The lowest BCUT2D eigenvalue weighted by molar-refractivity contribution is -0.146. The number of aliphatic carboxylic acids is 1. The summed E-state index contributed by atoms with van der Waals surface area (Å²) in [6.45, 7) is 6.12. The summed E-state index contributed by atoms with van der Waals surface area (Å²) in [4.78, 5) is 11.1. The Morgan fingerprint density at radius 3 is 3.00 bits per heavy atom. The van der Waals surface area contributed by atoms with Gasteiger partial charge in [0.1, 0.15) is 6.23 Å². The van der Waals surface area contributed by atoms with E-state index in [-0.39, 0.29) is 12.1 Å². The highest BCUT2D eigenvalue weighted by Gasteiger charge is 2.27. The van der Waals surface area contributed by atoms with Crippen LogP contribution in [-0.2, 0) is 20.9 Å². The smallest absolute Gasteiger partial charge is 0.306 e. The number of carboxylic acid groups (broad SMARTS) is 1. The molecule has 2 unspecified atom stereocenters. The van der Waals surface area contributed by atoms with Gasteiger partial charge in [0.25, 0.3) is 0 Å². The highest BCUT2D eigenvalue weighted by atomic mass is 79.9. The van der Waals surface area contributed by atoms with Crippen molar-refractivity contribution in [3.05, 3.63) is 28.2 Å². The molecule has 1 aliphatic rings. The van der Waals surface area contributed by atoms with Crippen LogP contribution in [0.4, 0.5) is 5.69 Å². The monoisotopic (exact) mass is 399 g/mol. The molecule has 1 fully saturated rings. The van der Waals surface area contributed by atoms with Gasteiger partial charge in [-0.15, -0.1) is 0 Å². The quantitative estimate of drug-likeness (QED) is 0.639. The SMILES string of the molecule is CC(C)CCOCc1cc(NC2CC(C(=O)O)CCO2)ccc1Br. The van der Waals surface area contributed by atoms with Crippen LogP contribution in [-0.4, -0.2) is 30.5 Å². The van der Waals surface area contributed by atoms with Crippen molar-refractivity contribution in [1.29, 1.82) is 0 Å². The fourth-order valence-corrected chi connectivity index (χ4v) is 2.95. The predicted octanol–water partition coefficient (Wildman–Crippen LogP) is 4.26. The van der Waals surface area contributed by atoms with Crippen molar-refractivity contribution >= 4 is 27.6 Å². The van der Waals surface area contributed by atoms with Crippen LogP contribution in [0.25, 0.3) is 0 Å². The van der Waals surface area contributed by atoms with E-state index in [0.29, 0.717) is 32.0 Å². The molecule has 0 aromatic heterocycles. The maximum Gasteiger partial charge on any atom is 0.306 e. The molecule has 1 aromatic rings. The van der Waals surface area contributed by atoms with E-state index in [0.717, 1.165) is 28.8 Å². The van der Waals surface area contributed by atoms with Crippen molar-refractivity contribution in [1.82, 2.24) is 0 Å². The highest BCUT2D eigenvalue weighted by molar-refractivity contribution is 9.10. The molecule has 1 saturated heterocycles. The van der Waals surface area contributed by atoms with Crippen LogP contribution in [0.15, 0.2) is 22.7 Å². The van der Waals surface area contributed by atoms with Gasteiger partial charge < -0.3 is 19.9 Å². The summed E-state index contributed by atoms with van der Waals surface area (Å²) < 4.78 is 12.4. The summed E-state index contributed by atoms with van der Waals surface area (Å²) in [5.41, 5.74) is 1.98. The number of halogens is 1. The third-order valence-electron chi connectivity index (χ3n) is 4.10. The van der Waals surface area contributed by atoms with E-state index in [2.05, 4.69) is 35.1 Å². The molecule has 0 spiro atoms. The molecule has 1 aromatic carbocycles. The number of carbonyl (C=O) groups is 1. The van der Waals surface area contributed by atoms with Gasteiger partial charge in [0, 0.05) is 29.8 Å². The van der Waals surface area contributed by atoms with Crippen LogP contribution < -0.4 is 5.32 Å². The number of carboxylic acids is 1. The van der Waals surface area contributed by atoms with E-state index in [1.54, 1.807) is 0 Å². The summed E-state index contributed by atoms with van der Waals surface area (Å²) in [7, 11) is 0. The predicted molar refractivity (Wildman–Crippen MR) is 97.0 cm³/mol. The number of hydrogen-bond donors (Lipinski definition) is 2. The Morgan fingerprint density at radius 2 is 2.29 bits per heavy atom. The van der Waals surface area contributed by atoms with Crippen molar-refractivity contribution < 1.29 is 19.4 Å². The van der Waals surface area contributed by atoms with Gasteiger partial charge >= 0.3 is 5.97 Å². The maximum absolute atomic E-state index is 11.1. The molecular weight excluding hydrogens is 374 g/mol. The van der Waals surface area contributed by atoms with Gasteiger partial charge in [0.15, 0.2) is 0 Å². The third kappa shape index (κ3) is 6.07. The van der Waals surface area contributed by atoms with E-state index in [4.69, 9.17) is 14.6 Å². The molecule has 1 aliphatic heterocycles. The molecule has 0 radical (unpaired) electrons. The zero-order valence-electron chi connectivity index (χ0n) is 14.3. The zero-order chi connectivity index (χ0) is 17.5. The second kappa shape index (κ2) is 9.39. The maximum atomic E-state index is 11.1. The zero-order valence-corrected chi connectivity index (χ0v) is 15.8. The summed E-state index contributed by atoms with van der Waals surface area (Å²) in [6, 6.07) is 5.95. The second-order valence-corrected chi connectivity index (χ2v) is 7.46. The Bertz CT molecular complexity index is 550. The number of hydrogen-bond acceptors (Lipinski definition) is 4. The first-order valence-electron chi connectivity index (χ1n) is 8.43. The normalized spacial score (nSPS) is 21.0. The number of nitrogens with one attached hydrogen (secondary N) is 1. The summed E-state index contributed by atoms with van der Waals surface area (Å²) in [6.07, 6.45) is 1.83. The van der Waals surface area contributed by atoms with Crippen molar-refractivity contribution in [2.24, 2.45) is 11.8 Å². The first kappa shape index (κ1) is 19.2. The fraction of sp³-hybridized carbons (Fsp3) is 0.611. The Morgan fingerprint density at radius 1 is 1.50 bits per heavy atom. The minimum Gasteiger partial charge on any atom is -0.481 e. The van der Waals surface area contributed by atoms with Gasteiger partial charge in [-0.1, -0.05) is 29.8 Å². The van der Waals surface area contributed by atoms with Crippen LogP contribution in [0.2, 0.25) is 0 Å². The van der Waals surface area contributed by atoms with Crippen LogP contribution in [0.5, 0.6) is 0 Å². The molecule has 2 atom stereocenters. The van der Waals surface area contributed by atoms with E-state index in [9.17, 15) is 4.79 Å². The lowest BCUT2D eigenvalue weighted by Crippen LogP contribution is -2.35. The standard InChI is InChI=1S/C18H26BrNO4/c1-12(2)5-7-23-11-14-9-15(3-4-16(14)19)20-17-10-13(18(21)22)6-8-24-17/h3-4,9,12-13,17,20H,5-8,10-11H2,1-2H3,(H,21,22). The number of rotatable bonds is 8. The Labute approximate surface area is 151 Å². The average Bonchev–Trinajstić information content (AvgIpc) is 2.54. The van der Waals surface area contributed by atoms with Crippen LogP contribution >= 0.6 is 15.9 Å². The van der Waals surface area contributed by atoms with Crippen LogP contribution in [0.3, 0.4) is 0 Å².